The third-order valence-corrected chi connectivity index (χ3v) is 6.08. The van der Waals surface area contributed by atoms with Crippen molar-refractivity contribution in [3.63, 3.8) is 0 Å². The van der Waals surface area contributed by atoms with Crippen molar-refractivity contribution >= 4 is 27.6 Å². The lowest BCUT2D eigenvalue weighted by atomic mass is 10.3. The molecule has 9 nitrogen and oxygen atoms in total. The van der Waals surface area contributed by atoms with Crippen molar-refractivity contribution in [3.8, 4) is 0 Å². The molecule has 1 fully saturated rings. The van der Waals surface area contributed by atoms with Crippen molar-refractivity contribution in [2.24, 2.45) is 0 Å². The van der Waals surface area contributed by atoms with E-state index in [2.05, 4.69) is 15.3 Å². The van der Waals surface area contributed by atoms with Crippen LogP contribution in [0.1, 0.15) is 29.0 Å². The highest BCUT2D eigenvalue weighted by Gasteiger charge is 2.26. The number of ether oxygens (including phenoxy) is 1. The Kier molecular flexibility index (Phi) is 6.00. The number of carbonyl (C=O) groups excluding carboxylic acids is 2. The Morgan fingerprint density at radius 3 is 2.39 bits per heavy atom. The second-order valence-electron chi connectivity index (χ2n) is 6.30. The van der Waals surface area contributed by atoms with Gasteiger partial charge in [0.05, 0.1) is 16.8 Å². The zero-order valence-electron chi connectivity index (χ0n) is 15.3. The minimum atomic E-state index is -3.50. The normalized spacial score (nSPS) is 14.6. The van der Waals surface area contributed by atoms with E-state index in [9.17, 15) is 18.0 Å². The van der Waals surface area contributed by atoms with Crippen LogP contribution >= 0.6 is 0 Å². The summed E-state index contributed by atoms with van der Waals surface area (Å²) in [5.41, 5.74) is 1.07. The molecule has 0 spiro atoms. The molecule has 1 amide bonds. The number of amides is 1. The molecule has 3 rings (SSSR count). The van der Waals surface area contributed by atoms with E-state index in [4.69, 9.17) is 4.74 Å². The Morgan fingerprint density at radius 1 is 1.11 bits per heavy atom. The Morgan fingerprint density at radius 2 is 1.79 bits per heavy atom. The molecule has 0 unspecified atom stereocenters. The van der Waals surface area contributed by atoms with E-state index < -0.39 is 28.5 Å². The van der Waals surface area contributed by atoms with Gasteiger partial charge in [-0.1, -0.05) is 0 Å². The van der Waals surface area contributed by atoms with Gasteiger partial charge in [-0.25, -0.2) is 18.2 Å². The standard InChI is InChI=1S/C18H20N4O5S/c1-13-10-20-16(11-19-13)18(24)27-12-17(23)21-14-4-6-15(7-5-14)28(25,26)22-8-2-3-9-22/h4-7,10-11H,2-3,8-9,12H2,1H3,(H,21,23). The number of nitrogens with one attached hydrogen (secondary N) is 1. The van der Waals surface area contributed by atoms with Crippen molar-refractivity contribution in [3.05, 3.63) is 48.0 Å². The average molecular weight is 404 g/mol. The van der Waals surface area contributed by atoms with Gasteiger partial charge in [-0.2, -0.15) is 4.31 Å². The zero-order chi connectivity index (χ0) is 20.1. The Hall–Kier alpha value is -2.85. The summed E-state index contributed by atoms with van der Waals surface area (Å²) in [7, 11) is -3.50. The molecule has 0 aliphatic carbocycles. The summed E-state index contributed by atoms with van der Waals surface area (Å²) in [6, 6.07) is 5.87. The van der Waals surface area contributed by atoms with E-state index in [1.807, 2.05) is 0 Å². The number of benzene rings is 1. The summed E-state index contributed by atoms with van der Waals surface area (Å²) in [6.07, 6.45) is 4.42. The molecule has 10 heteroatoms. The Labute approximate surface area is 162 Å². The molecule has 0 saturated carbocycles. The summed E-state index contributed by atoms with van der Waals surface area (Å²) in [6.45, 7) is 2.29. The molecule has 1 aromatic carbocycles. The van der Waals surface area contributed by atoms with Gasteiger partial charge in [-0.05, 0) is 44.0 Å². The predicted molar refractivity (Wildman–Crippen MR) is 100 cm³/mol. The summed E-state index contributed by atoms with van der Waals surface area (Å²) >= 11 is 0. The molecular formula is C18H20N4O5S. The van der Waals surface area contributed by atoms with Crippen LogP contribution < -0.4 is 5.32 Å². The van der Waals surface area contributed by atoms with Crippen molar-refractivity contribution in [1.29, 1.82) is 0 Å². The number of aryl methyl sites for hydroxylation is 1. The number of nitrogens with zero attached hydrogens (tertiary/aromatic N) is 3. The van der Waals surface area contributed by atoms with Crippen LogP contribution in [0.15, 0.2) is 41.6 Å². The lowest BCUT2D eigenvalue weighted by Gasteiger charge is -2.15. The van der Waals surface area contributed by atoms with Crippen molar-refractivity contribution in [2.75, 3.05) is 25.0 Å². The minimum absolute atomic E-state index is 0.00914. The van der Waals surface area contributed by atoms with Gasteiger partial charge in [-0.15, -0.1) is 0 Å². The molecule has 2 heterocycles. The first-order valence-electron chi connectivity index (χ1n) is 8.72. The molecule has 0 atom stereocenters. The topological polar surface area (TPSA) is 119 Å². The SMILES string of the molecule is Cc1cnc(C(=O)OCC(=O)Nc2ccc(S(=O)(=O)N3CCCC3)cc2)cn1. The number of esters is 1. The van der Waals surface area contributed by atoms with Crippen LogP contribution in [0.3, 0.4) is 0 Å². The van der Waals surface area contributed by atoms with E-state index in [1.165, 1.54) is 41.0 Å². The highest BCUT2D eigenvalue weighted by Crippen LogP contribution is 2.22. The fourth-order valence-corrected chi connectivity index (χ4v) is 4.20. The largest absolute Gasteiger partial charge is 0.451 e. The van der Waals surface area contributed by atoms with Crippen LogP contribution in [0.4, 0.5) is 5.69 Å². The minimum Gasteiger partial charge on any atom is -0.451 e. The van der Waals surface area contributed by atoms with Crippen LogP contribution in [0, 0.1) is 6.92 Å². The van der Waals surface area contributed by atoms with Gasteiger partial charge in [0.2, 0.25) is 10.0 Å². The fourth-order valence-electron chi connectivity index (χ4n) is 2.69. The molecular weight excluding hydrogens is 384 g/mol. The maximum Gasteiger partial charge on any atom is 0.359 e. The van der Waals surface area contributed by atoms with Crippen LogP contribution in [-0.2, 0) is 19.6 Å². The van der Waals surface area contributed by atoms with Crippen molar-refractivity contribution < 1.29 is 22.7 Å². The molecule has 0 radical (unpaired) electrons. The Bertz CT molecular complexity index is 952. The molecule has 0 bridgehead atoms. The van der Waals surface area contributed by atoms with E-state index in [0.717, 1.165) is 12.8 Å². The van der Waals surface area contributed by atoms with Gasteiger partial charge in [-0.3, -0.25) is 9.78 Å². The molecule has 1 saturated heterocycles. The highest BCUT2D eigenvalue weighted by atomic mass is 32.2. The second kappa shape index (κ2) is 8.44. The lowest BCUT2D eigenvalue weighted by molar-refractivity contribution is -0.119. The first-order valence-corrected chi connectivity index (χ1v) is 10.2. The average Bonchev–Trinajstić information content (AvgIpc) is 3.23. The van der Waals surface area contributed by atoms with Gasteiger partial charge in [0.25, 0.3) is 5.91 Å². The number of aromatic nitrogens is 2. The number of anilines is 1. The number of sulfonamides is 1. The molecule has 1 aromatic heterocycles. The maximum atomic E-state index is 12.5. The molecule has 148 valence electrons. The monoisotopic (exact) mass is 404 g/mol. The summed E-state index contributed by atoms with van der Waals surface area (Å²) in [4.78, 5) is 31.7. The quantitative estimate of drug-likeness (QED) is 0.722. The second-order valence-corrected chi connectivity index (χ2v) is 8.24. The molecule has 1 aliphatic rings. The first-order chi connectivity index (χ1) is 13.4. The van der Waals surface area contributed by atoms with Crippen molar-refractivity contribution in [1.82, 2.24) is 14.3 Å². The first kappa shape index (κ1) is 19.9. The van der Waals surface area contributed by atoms with Gasteiger partial charge in [0, 0.05) is 25.0 Å². The summed E-state index contributed by atoms with van der Waals surface area (Å²) < 4.78 is 31.3. The number of carbonyl (C=O) groups is 2. The van der Waals surface area contributed by atoms with E-state index in [0.29, 0.717) is 24.5 Å². The molecule has 28 heavy (non-hydrogen) atoms. The van der Waals surface area contributed by atoms with Gasteiger partial charge >= 0.3 is 5.97 Å². The van der Waals surface area contributed by atoms with E-state index in [1.54, 1.807) is 6.92 Å². The zero-order valence-corrected chi connectivity index (χ0v) is 16.1. The number of rotatable bonds is 6. The molecule has 1 N–H and O–H groups in total. The van der Waals surface area contributed by atoms with Gasteiger partial charge < -0.3 is 10.1 Å². The third kappa shape index (κ3) is 4.70. The van der Waals surface area contributed by atoms with E-state index in [-0.39, 0.29) is 10.6 Å². The van der Waals surface area contributed by atoms with Gasteiger partial charge in [0.1, 0.15) is 0 Å². The van der Waals surface area contributed by atoms with Gasteiger partial charge in [0.15, 0.2) is 12.3 Å². The molecule has 2 aromatic rings. The smallest absolute Gasteiger partial charge is 0.359 e. The third-order valence-electron chi connectivity index (χ3n) is 4.17. The Balaban J connectivity index is 1.54. The van der Waals surface area contributed by atoms with Crippen LogP contribution in [0.2, 0.25) is 0 Å². The fraction of sp³-hybridized carbons (Fsp3) is 0.333. The van der Waals surface area contributed by atoms with Crippen molar-refractivity contribution in [2.45, 2.75) is 24.7 Å². The predicted octanol–water partition coefficient (Wildman–Crippen LogP) is 1.37. The molecule has 1 aliphatic heterocycles. The van der Waals surface area contributed by atoms with Crippen LogP contribution in [-0.4, -0.2) is 54.3 Å². The number of hydrogen-bond acceptors (Lipinski definition) is 7. The summed E-state index contributed by atoms with van der Waals surface area (Å²) in [5, 5.41) is 2.55. The van der Waals surface area contributed by atoms with Crippen LogP contribution in [0.5, 0.6) is 0 Å². The van der Waals surface area contributed by atoms with Crippen LogP contribution in [0.25, 0.3) is 0 Å². The maximum absolute atomic E-state index is 12.5. The number of hydrogen-bond donors (Lipinski definition) is 1. The highest BCUT2D eigenvalue weighted by molar-refractivity contribution is 7.89. The van der Waals surface area contributed by atoms with E-state index >= 15 is 0 Å². The lowest BCUT2D eigenvalue weighted by Crippen LogP contribution is -2.27. The summed E-state index contributed by atoms with van der Waals surface area (Å²) in [5.74, 6) is -1.31.